The molecule has 0 bridgehead atoms. The maximum Gasteiger partial charge on any atom is 0.267 e. The molecular formula is C23H24N2O3. The molecule has 0 unspecified atom stereocenters. The second kappa shape index (κ2) is 8.00. The minimum atomic E-state index is -0.550. The van der Waals surface area contributed by atoms with Crippen molar-refractivity contribution in [2.45, 2.75) is 25.0 Å². The monoisotopic (exact) mass is 376 g/mol. The highest BCUT2D eigenvalue weighted by Gasteiger charge is 2.36. The molecule has 0 saturated carbocycles. The number of carbonyl (C=O) groups is 1. The maximum absolute atomic E-state index is 11.1. The highest BCUT2D eigenvalue weighted by molar-refractivity contribution is 5.91. The molecule has 1 amide bonds. The van der Waals surface area contributed by atoms with Gasteiger partial charge in [-0.05, 0) is 35.4 Å². The molecule has 1 saturated heterocycles. The highest BCUT2D eigenvalue weighted by Crippen LogP contribution is 2.37. The molecule has 4 rings (SSSR count). The third-order valence-corrected chi connectivity index (χ3v) is 5.40. The number of fused-ring (bicyclic) bond motifs is 1. The molecule has 0 radical (unpaired) electrons. The summed E-state index contributed by atoms with van der Waals surface area (Å²) in [5.74, 6) is 0.327. The predicted octanol–water partition coefficient (Wildman–Crippen LogP) is 3.65. The number of hydroxylamine groups is 1. The molecule has 28 heavy (non-hydrogen) atoms. The number of rotatable bonds is 4. The molecule has 2 aliphatic heterocycles. The summed E-state index contributed by atoms with van der Waals surface area (Å²) in [5.41, 5.74) is 4.59. The first-order chi connectivity index (χ1) is 13.7. The molecule has 2 aromatic carbocycles. The van der Waals surface area contributed by atoms with E-state index in [4.69, 9.17) is 9.94 Å². The molecule has 5 nitrogen and oxygen atoms in total. The van der Waals surface area contributed by atoms with Crippen LogP contribution >= 0.6 is 0 Å². The molecule has 2 heterocycles. The lowest BCUT2D eigenvalue weighted by Crippen LogP contribution is -2.47. The molecule has 1 fully saturated rings. The average Bonchev–Trinajstić information content (AvgIpc) is 2.74. The number of hydrogen-bond acceptors (Lipinski definition) is 4. The minimum absolute atomic E-state index is 0.228. The molecule has 0 atom stereocenters. The van der Waals surface area contributed by atoms with Crippen molar-refractivity contribution in [1.82, 2.24) is 10.4 Å². The molecule has 2 aromatic rings. The number of amides is 1. The van der Waals surface area contributed by atoms with Crippen molar-refractivity contribution in [2.24, 2.45) is 0 Å². The van der Waals surface area contributed by atoms with Gasteiger partial charge in [-0.3, -0.25) is 14.9 Å². The summed E-state index contributed by atoms with van der Waals surface area (Å²) < 4.78 is 6.40. The third kappa shape index (κ3) is 4.16. The normalized spacial score (nSPS) is 18.0. The second-order valence-electron chi connectivity index (χ2n) is 7.37. The van der Waals surface area contributed by atoms with Gasteiger partial charge in [0.25, 0.3) is 5.91 Å². The van der Waals surface area contributed by atoms with Crippen molar-refractivity contribution in [2.75, 3.05) is 13.1 Å². The van der Waals surface area contributed by atoms with Gasteiger partial charge in [-0.15, -0.1) is 0 Å². The summed E-state index contributed by atoms with van der Waals surface area (Å²) in [5, 5.41) is 8.56. The Kier molecular flexibility index (Phi) is 5.28. The number of nitrogens with zero attached hydrogens (tertiary/aromatic N) is 1. The van der Waals surface area contributed by atoms with Crippen LogP contribution in [0.3, 0.4) is 0 Å². The Morgan fingerprint density at radius 3 is 2.71 bits per heavy atom. The summed E-state index contributed by atoms with van der Waals surface area (Å²) >= 11 is 0. The van der Waals surface area contributed by atoms with Crippen LogP contribution in [-0.4, -0.2) is 34.7 Å². The van der Waals surface area contributed by atoms with Crippen molar-refractivity contribution in [3.8, 4) is 5.75 Å². The van der Waals surface area contributed by atoms with Gasteiger partial charge in [0.2, 0.25) is 0 Å². The Morgan fingerprint density at radius 2 is 1.96 bits per heavy atom. The van der Waals surface area contributed by atoms with Crippen LogP contribution in [0.2, 0.25) is 0 Å². The van der Waals surface area contributed by atoms with Crippen LogP contribution in [0.1, 0.15) is 29.5 Å². The van der Waals surface area contributed by atoms with Crippen molar-refractivity contribution in [3.05, 3.63) is 77.4 Å². The Bertz CT molecular complexity index is 897. The fourth-order valence-corrected chi connectivity index (χ4v) is 3.80. The van der Waals surface area contributed by atoms with Crippen LogP contribution in [-0.2, 0) is 11.3 Å². The standard InChI is InChI=1S/C23H24N2O3/c26-22(24-27)9-7-18-6-8-21-20(16-18)10-11-23(28-21)12-14-25(15-13-23)17-19-4-2-1-3-5-19/h1-11,16,27H,12-15,17H2,(H,24,26). The van der Waals surface area contributed by atoms with Gasteiger partial charge in [0.1, 0.15) is 11.4 Å². The number of likely N-dealkylation sites (tertiary alicyclic amines) is 1. The first-order valence-corrected chi connectivity index (χ1v) is 9.57. The van der Waals surface area contributed by atoms with E-state index in [2.05, 4.69) is 47.4 Å². The SMILES string of the molecule is O=C(C=Cc1ccc2c(c1)C=CC1(CCN(Cc3ccccc3)CC1)O2)NO. The Labute approximate surface area is 164 Å². The van der Waals surface area contributed by atoms with E-state index in [0.29, 0.717) is 0 Å². The fourth-order valence-electron chi connectivity index (χ4n) is 3.80. The topological polar surface area (TPSA) is 61.8 Å². The lowest BCUT2D eigenvalue weighted by molar-refractivity contribution is -0.124. The molecule has 144 valence electrons. The van der Waals surface area contributed by atoms with Crippen molar-refractivity contribution < 1.29 is 14.7 Å². The molecular weight excluding hydrogens is 352 g/mol. The first kappa shape index (κ1) is 18.5. The van der Waals surface area contributed by atoms with E-state index in [1.807, 2.05) is 18.2 Å². The van der Waals surface area contributed by atoms with Gasteiger partial charge in [0.05, 0.1) is 0 Å². The molecule has 1 spiro atoms. The molecule has 2 aliphatic rings. The van der Waals surface area contributed by atoms with Gasteiger partial charge in [-0.2, -0.15) is 0 Å². The van der Waals surface area contributed by atoms with E-state index in [9.17, 15) is 4.79 Å². The van der Waals surface area contributed by atoms with E-state index in [1.165, 1.54) is 11.6 Å². The summed E-state index contributed by atoms with van der Waals surface area (Å²) in [7, 11) is 0. The first-order valence-electron chi connectivity index (χ1n) is 9.57. The smallest absolute Gasteiger partial charge is 0.267 e. The van der Waals surface area contributed by atoms with Gasteiger partial charge < -0.3 is 4.74 Å². The van der Waals surface area contributed by atoms with Gasteiger partial charge in [0.15, 0.2) is 0 Å². The van der Waals surface area contributed by atoms with E-state index < -0.39 is 5.91 Å². The minimum Gasteiger partial charge on any atom is -0.482 e. The quantitative estimate of drug-likeness (QED) is 0.486. The van der Waals surface area contributed by atoms with E-state index in [-0.39, 0.29) is 5.60 Å². The summed E-state index contributed by atoms with van der Waals surface area (Å²) in [4.78, 5) is 13.6. The number of ether oxygens (including phenoxy) is 1. The lowest BCUT2D eigenvalue weighted by atomic mass is 9.87. The van der Waals surface area contributed by atoms with Crippen LogP contribution in [0.25, 0.3) is 12.2 Å². The molecule has 0 aromatic heterocycles. The maximum atomic E-state index is 11.1. The number of benzene rings is 2. The molecule has 2 N–H and O–H groups in total. The number of hydrogen-bond donors (Lipinski definition) is 2. The van der Waals surface area contributed by atoms with Gasteiger partial charge in [-0.25, -0.2) is 5.48 Å². The summed E-state index contributed by atoms with van der Waals surface area (Å²) in [6.45, 7) is 2.99. The van der Waals surface area contributed by atoms with Crippen LogP contribution in [0, 0.1) is 0 Å². The number of nitrogens with one attached hydrogen (secondary N) is 1. The van der Waals surface area contributed by atoms with Gasteiger partial charge >= 0.3 is 0 Å². The summed E-state index contributed by atoms with van der Waals surface area (Å²) in [6.07, 6.45) is 9.19. The Morgan fingerprint density at radius 1 is 1.18 bits per heavy atom. The number of carbonyl (C=O) groups excluding carboxylic acids is 1. The van der Waals surface area contributed by atoms with Crippen LogP contribution in [0.4, 0.5) is 0 Å². The van der Waals surface area contributed by atoms with E-state index >= 15 is 0 Å². The van der Waals surface area contributed by atoms with Crippen LogP contribution < -0.4 is 10.2 Å². The lowest BCUT2D eigenvalue weighted by Gasteiger charge is -2.42. The zero-order valence-corrected chi connectivity index (χ0v) is 15.7. The Balaban J connectivity index is 1.40. The van der Waals surface area contributed by atoms with E-state index in [1.54, 1.807) is 11.6 Å². The van der Waals surface area contributed by atoms with Gasteiger partial charge in [-0.1, -0.05) is 42.5 Å². The van der Waals surface area contributed by atoms with Crippen molar-refractivity contribution in [3.63, 3.8) is 0 Å². The molecule has 5 heteroatoms. The second-order valence-corrected chi connectivity index (χ2v) is 7.37. The van der Waals surface area contributed by atoms with Crippen molar-refractivity contribution >= 4 is 18.1 Å². The predicted molar refractivity (Wildman–Crippen MR) is 109 cm³/mol. The highest BCUT2D eigenvalue weighted by atomic mass is 16.5. The zero-order chi connectivity index (χ0) is 19.4. The average molecular weight is 376 g/mol. The largest absolute Gasteiger partial charge is 0.482 e. The van der Waals surface area contributed by atoms with Gasteiger partial charge in [0, 0.05) is 44.1 Å². The number of piperidine rings is 1. The molecule has 0 aliphatic carbocycles. The summed E-state index contributed by atoms with van der Waals surface area (Å²) in [6, 6.07) is 16.4. The Hall–Kier alpha value is -2.89. The van der Waals surface area contributed by atoms with Crippen LogP contribution in [0.15, 0.2) is 60.7 Å². The fraction of sp³-hybridized carbons (Fsp3) is 0.261. The van der Waals surface area contributed by atoms with Crippen LogP contribution in [0.5, 0.6) is 5.75 Å². The van der Waals surface area contributed by atoms with E-state index in [0.717, 1.165) is 49.4 Å². The third-order valence-electron chi connectivity index (χ3n) is 5.40. The zero-order valence-electron chi connectivity index (χ0n) is 15.7. The van der Waals surface area contributed by atoms with Crippen molar-refractivity contribution in [1.29, 1.82) is 0 Å².